The fourth-order valence-electron chi connectivity index (χ4n) is 1.76. The molecule has 1 heterocycles. The Labute approximate surface area is 124 Å². The normalized spacial score (nSPS) is 10.1. The second kappa shape index (κ2) is 6.96. The topological polar surface area (TPSA) is 37.6 Å². The van der Waals surface area contributed by atoms with Gasteiger partial charge in [-0.05, 0) is 42.0 Å². The van der Waals surface area contributed by atoms with Gasteiger partial charge in [-0.3, -0.25) is 0 Å². The molecule has 1 N–H and O–H groups in total. The van der Waals surface area contributed by atoms with Crippen molar-refractivity contribution in [2.24, 2.45) is 0 Å². The standard InChI is InChI=1S/C15H18N2O2S/c1-17(11-14-4-3-9-19-14)15(20)16-10-12-5-7-13(18-2)8-6-12/h3-9H,10-11H2,1-2H3,(H,16,20). The van der Waals surface area contributed by atoms with Crippen molar-refractivity contribution in [3.63, 3.8) is 0 Å². The predicted molar refractivity (Wildman–Crippen MR) is 82.6 cm³/mol. The number of benzene rings is 1. The number of nitrogens with one attached hydrogen (secondary N) is 1. The minimum atomic E-state index is 0.654. The minimum Gasteiger partial charge on any atom is -0.497 e. The molecule has 0 saturated heterocycles. The molecular formula is C15H18N2O2S. The maximum Gasteiger partial charge on any atom is 0.169 e. The number of ether oxygens (including phenoxy) is 1. The van der Waals surface area contributed by atoms with E-state index in [9.17, 15) is 0 Å². The number of nitrogens with zero attached hydrogens (tertiary/aromatic N) is 1. The molecule has 0 fully saturated rings. The largest absolute Gasteiger partial charge is 0.497 e. The van der Waals surface area contributed by atoms with Gasteiger partial charge in [0, 0.05) is 13.6 Å². The van der Waals surface area contributed by atoms with Crippen LogP contribution in [0.2, 0.25) is 0 Å². The van der Waals surface area contributed by atoms with Crippen molar-refractivity contribution in [1.29, 1.82) is 0 Å². The maximum absolute atomic E-state index is 5.35. The summed E-state index contributed by atoms with van der Waals surface area (Å²) in [5.41, 5.74) is 1.15. The van der Waals surface area contributed by atoms with Crippen molar-refractivity contribution >= 4 is 17.3 Å². The third-order valence-corrected chi connectivity index (χ3v) is 3.38. The first-order valence-electron chi connectivity index (χ1n) is 6.33. The summed E-state index contributed by atoms with van der Waals surface area (Å²) >= 11 is 5.35. The summed E-state index contributed by atoms with van der Waals surface area (Å²) in [4.78, 5) is 1.94. The first-order chi connectivity index (χ1) is 9.69. The monoisotopic (exact) mass is 290 g/mol. The molecule has 0 aliphatic carbocycles. The molecule has 0 atom stereocenters. The van der Waals surface area contributed by atoms with Crippen LogP contribution >= 0.6 is 12.2 Å². The van der Waals surface area contributed by atoms with Gasteiger partial charge in [0.1, 0.15) is 11.5 Å². The van der Waals surface area contributed by atoms with Crippen molar-refractivity contribution in [3.8, 4) is 5.75 Å². The fourth-order valence-corrected chi connectivity index (χ4v) is 1.90. The van der Waals surface area contributed by atoms with Gasteiger partial charge >= 0.3 is 0 Å². The molecule has 0 spiro atoms. The van der Waals surface area contributed by atoms with Crippen molar-refractivity contribution in [2.75, 3.05) is 14.2 Å². The van der Waals surface area contributed by atoms with Crippen LogP contribution in [0.1, 0.15) is 11.3 Å². The number of furan rings is 1. The molecule has 2 rings (SSSR count). The molecule has 1 aromatic heterocycles. The summed E-state index contributed by atoms with van der Waals surface area (Å²) in [6.07, 6.45) is 1.66. The van der Waals surface area contributed by atoms with Crippen LogP contribution in [0.25, 0.3) is 0 Å². The van der Waals surface area contributed by atoms with Crippen LogP contribution in [-0.2, 0) is 13.1 Å². The summed E-state index contributed by atoms with van der Waals surface area (Å²) < 4.78 is 10.4. The highest BCUT2D eigenvalue weighted by Gasteiger charge is 2.06. The predicted octanol–water partition coefficient (Wildman–Crippen LogP) is 2.79. The third-order valence-electron chi connectivity index (χ3n) is 2.92. The van der Waals surface area contributed by atoms with Gasteiger partial charge in [0.05, 0.1) is 19.9 Å². The SMILES string of the molecule is COc1ccc(CNC(=S)N(C)Cc2ccco2)cc1. The Morgan fingerprint density at radius 1 is 1.30 bits per heavy atom. The lowest BCUT2D eigenvalue weighted by atomic mass is 10.2. The number of methoxy groups -OCH3 is 1. The molecule has 4 nitrogen and oxygen atoms in total. The van der Waals surface area contributed by atoms with Gasteiger partial charge in [0.15, 0.2) is 5.11 Å². The Balaban J connectivity index is 1.81. The fraction of sp³-hybridized carbons (Fsp3) is 0.267. The van der Waals surface area contributed by atoms with E-state index in [2.05, 4.69) is 5.32 Å². The Morgan fingerprint density at radius 3 is 2.65 bits per heavy atom. The van der Waals surface area contributed by atoms with Gasteiger partial charge in [-0.1, -0.05) is 12.1 Å². The van der Waals surface area contributed by atoms with Crippen molar-refractivity contribution < 1.29 is 9.15 Å². The summed E-state index contributed by atoms with van der Waals surface area (Å²) in [7, 11) is 3.60. The lowest BCUT2D eigenvalue weighted by Gasteiger charge is -2.20. The molecule has 0 aliphatic rings. The minimum absolute atomic E-state index is 0.654. The number of rotatable bonds is 5. The third kappa shape index (κ3) is 3.99. The first-order valence-corrected chi connectivity index (χ1v) is 6.74. The van der Waals surface area contributed by atoms with E-state index >= 15 is 0 Å². The van der Waals surface area contributed by atoms with Crippen molar-refractivity contribution in [2.45, 2.75) is 13.1 Å². The molecule has 106 valence electrons. The van der Waals surface area contributed by atoms with Crippen LogP contribution < -0.4 is 10.1 Å². The molecule has 0 saturated carbocycles. The average molecular weight is 290 g/mol. The lowest BCUT2D eigenvalue weighted by molar-refractivity contribution is 0.406. The van der Waals surface area contributed by atoms with Crippen molar-refractivity contribution in [3.05, 3.63) is 54.0 Å². The van der Waals surface area contributed by atoms with E-state index in [1.54, 1.807) is 13.4 Å². The summed E-state index contributed by atoms with van der Waals surface area (Å²) in [5.74, 6) is 1.74. The highest BCUT2D eigenvalue weighted by molar-refractivity contribution is 7.80. The van der Waals surface area contributed by atoms with E-state index in [0.29, 0.717) is 18.2 Å². The molecule has 0 unspecified atom stereocenters. The molecular weight excluding hydrogens is 272 g/mol. The van der Waals surface area contributed by atoms with Gasteiger partial charge in [-0.15, -0.1) is 0 Å². The quantitative estimate of drug-likeness (QED) is 0.857. The van der Waals surface area contributed by atoms with E-state index in [-0.39, 0.29) is 0 Å². The van der Waals surface area contributed by atoms with Crippen LogP contribution in [0.5, 0.6) is 5.75 Å². The Kier molecular flexibility index (Phi) is 5.01. The van der Waals surface area contributed by atoms with E-state index in [1.807, 2.05) is 48.3 Å². The summed E-state index contributed by atoms with van der Waals surface area (Å²) in [6.45, 7) is 1.34. The zero-order valence-electron chi connectivity index (χ0n) is 11.6. The highest BCUT2D eigenvalue weighted by Crippen LogP contribution is 2.11. The summed E-state index contributed by atoms with van der Waals surface area (Å²) in [5, 5.41) is 3.92. The molecule has 2 aromatic rings. The van der Waals surface area contributed by atoms with Crippen LogP contribution in [-0.4, -0.2) is 24.2 Å². The zero-order chi connectivity index (χ0) is 14.4. The van der Waals surface area contributed by atoms with Crippen LogP contribution in [0.4, 0.5) is 0 Å². The number of thiocarbonyl (C=S) groups is 1. The molecule has 0 aliphatic heterocycles. The van der Waals surface area contributed by atoms with Gasteiger partial charge in [0.2, 0.25) is 0 Å². The van der Waals surface area contributed by atoms with Crippen LogP contribution in [0.15, 0.2) is 47.1 Å². The first kappa shape index (κ1) is 14.4. The molecule has 5 heteroatoms. The van der Waals surface area contributed by atoms with Gasteiger partial charge < -0.3 is 19.4 Å². The van der Waals surface area contributed by atoms with Gasteiger partial charge in [-0.25, -0.2) is 0 Å². The molecule has 0 amide bonds. The van der Waals surface area contributed by atoms with E-state index in [0.717, 1.165) is 17.1 Å². The van der Waals surface area contributed by atoms with E-state index in [4.69, 9.17) is 21.4 Å². The lowest BCUT2D eigenvalue weighted by Crippen LogP contribution is -2.36. The van der Waals surface area contributed by atoms with E-state index < -0.39 is 0 Å². The molecule has 1 aromatic carbocycles. The summed E-state index contributed by atoms with van der Waals surface area (Å²) in [6, 6.07) is 11.7. The maximum atomic E-state index is 5.35. The second-order valence-corrected chi connectivity index (χ2v) is 4.83. The average Bonchev–Trinajstić information content (AvgIpc) is 2.98. The number of hydrogen-bond acceptors (Lipinski definition) is 3. The zero-order valence-corrected chi connectivity index (χ0v) is 12.4. The van der Waals surface area contributed by atoms with Crippen LogP contribution in [0, 0.1) is 0 Å². The van der Waals surface area contributed by atoms with E-state index in [1.165, 1.54) is 0 Å². The molecule has 0 bridgehead atoms. The van der Waals surface area contributed by atoms with Crippen molar-refractivity contribution in [1.82, 2.24) is 10.2 Å². The second-order valence-electron chi connectivity index (χ2n) is 4.44. The Morgan fingerprint density at radius 2 is 2.05 bits per heavy atom. The molecule has 0 radical (unpaired) electrons. The highest BCUT2D eigenvalue weighted by atomic mass is 32.1. The van der Waals surface area contributed by atoms with Crippen LogP contribution in [0.3, 0.4) is 0 Å². The Hall–Kier alpha value is -2.01. The van der Waals surface area contributed by atoms with Gasteiger partial charge in [-0.2, -0.15) is 0 Å². The molecule has 20 heavy (non-hydrogen) atoms. The number of hydrogen-bond donors (Lipinski definition) is 1. The Bertz CT molecular complexity index is 538. The van der Waals surface area contributed by atoms with Gasteiger partial charge in [0.25, 0.3) is 0 Å². The smallest absolute Gasteiger partial charge is 0.169 e.